The number of aryl methyl sites for hydroxylation is 5. The smallest absolute Gasteiger partial charge is 0.0467 e. The Bertz CT molecular complexity index is 2830. The number of unbranched alkanes of at least 4 members (excludes halogenated alkanes) is 1. The number of hydrogen-bond acceptors (Lipinski definition) is 1. The minimum Gasteiger partial charge on any atom is -0.310 e. The second-order valence-corrected chi connectivity index (χ2v) is 19.7. The molecule has 0 saturated carbocycles. The average Bonchev–Trinajstić information content (AvgIpc) is 3.71. The molecule has 382 valence electrons. The number of anilines is 3. The van der Waals surface area contributed by atoms with Crippen LogP contribution in [0.2, 0.25) is 0 Å². The number of hydrogen-bond donors (Lipinski definition) is 0. The molecule has 1 atom stereocenters. The monoisotopic (exact) mass is 968 g/mol. The van der Waals surface area contributed by atoms with E-state index in [9.17, 15) is 0 Å². The van der Waals surface area contributed by atoms with Gasteiger partial charge in [-0.15, -0.1) is 0 Å². The van der Waals surface area contributed by atoms with Gasteiger partial charge >= 0.3 is 0 Å². The second-order valence-electron chi connectivity index (χ2n) is 19.7. The Morgan fingerprint density at radius 3 is 1.56 bits per heavy atom. The van der Waals surface area contributed by atoms with Crippen LogP contribution in [0, 0.1) is 27.7 Å². The molecule has 0 heterocycles. The zero-order valence-corrected chi connectivity index (χ0v) is 47.4. The van der Waals surface area contributed by atoms with Gasteiger partial charge in [-0.25, -0.2) is 0 Å². The van der Waals surface area contributed by atoms with Gasteiger partial charge < -0.3 is 4.90 Å². The van der Waals surface area contributed by atoms with Gasteiger partial charge in [0.25, 0.3) is 0 Å². The Morgan fingerprint density at radius 1 is 0.452 bits per heavy atom. The number of benzene rings is 8. The fourth-order valence-electron chi connectivity index (χ4n) is 10.7. The lowest BCUT2D eigenvalue weighted by Gasteiger charge is -2.32. The third-order valence-electron chi connectivity index (χ3n) is 14.7. The van der Waals surface area contributed by atoms with E-state index in [1.54, 1.807) is 0 Å². The fraction of sp³-hybridized carbons (Fsp3) is 0.333. The van der Waals surface area contributed by atoms with E-state index < -0.39 is 0 Å². The van der Waals surface area contributed by atoms with Crippen molar-refractivity contribution in [2.75, 3.05) is 4.90 Å². The Hall–Kier alpha value is -6.44. The molecule has 1 heteroatoms. The molecule has 0 saturated heterocycles. The summed E-state index contributed by atoms with van der Waals surface area (Å²) in [6.07, 6.45) is 7.76. The molecule has 1 nitrogen and oxygen atoms in total. The molecule has 0 radical (unpaired) electrons. The van der Waals surface area contributed by atoms with Crippen LogP contribution in [0.25, 0.3) is 22.3 Å². The molecular formula is C72H89N. The molecule has 8 aromatic rings. The van der Waals surface area contributed by atoms with Crippen molar-refractivity contribution < 1.29 is 0 Å². The van der Waals surface area contributed by atoms with Gasteiger partial charge in [-0.3, -0.25) is 0 Å². The van der Waals surface area contributed by atoms with Gasteiger partial charge in [-0.05, 0) is 181 Å². The molecule has 0 aromatic heterocycles. The van der Waals surface area contributed by atoms with Crippen molar-refractivity contribution in [2.45, 2.75) is 159 Å². The van der Waals surface area contributed by atoms with Gasteiger partial charge in [-0.1, -0.05) is 238 Å². The first-order valence-corrected chi connectivity index (χ1v) is 28.0. The summed E-state index contributed by atoms with van der Waals surface area (Å²) < 4.78 is 0. The van der Waals surface area contributed by atoms with Gasteiger partial charge in [0, 0.05) is 22.5 Å². The van der Waals surface area contributed by atoms with E-state index in [1.807, 2.05) is 64.1 Å². The topological polar surface area (TPSA) is 3.24 Å². The van der Waals surface area contributed by atoms with Crippen LogP contribution in [0.3, 0.4) is 0 Å². The summed E-state index contributed by atoms with van der Waals surface area (Å²) >= 11 is 0. The van der Waals surface area contributed by atoms with Crippen molar-refractivity contribution in [1.29, 1.82) is 0 Å². The van der Waals surface area contributed by atoms with E-state index in [-0.39, 0.29) is 5.41 Å². The quantitative estimate of drug-likeness (QED) is 0.105. The molecular weight excluding hydrogens is 879 g/mol. The molecule has 73 heavy (non-hydrogen) atoms. The maximum Gasteiger partial charge on any atom is 0.0467 e. The summed E-state index contributed by atoms with van der Waals surface area (Å²) in [5.41, 5.74) is 23.2. The van der Waals surface area contributed by atoms with Gasteiger partial charge in [-0.2, -0.15) is 0 Å². The maximum absolute atomic E-state index is 2.53. The molecule has 9 rings (SSSR count). The highest BCUT2D eigenvalue weighted by atomic mass is 15.1. The standard InChI is InChI=1S/C54H61N.2C7H8.2C2H6/c1-9-13-19-42-27-28-45(35-51(42)50-34-43(26-24-38(50)7)41(10-2)33-40-25-30-47(37(5)6)39(8)32-40)55(44-20-15-14-16-21-44)46-29-31-49-48-22-17-18-23-52(48)54(11-3,12-4)53(49)36-46;2*1-7-5-3-2-4-6-7;2*1-2/h14-18,20-32,34-37,41H,9-13,19,33H2,1-8H3;2*2-6H,1H3;2*1-2H3. The molecule has 1 aliphatic carbocycles. The Kier molecular flexibility index (Phi) is 22.6. The molecule has 0 fully saturated rings. The summed E-state index contributed by atoms with van der Waals surface area (Å²) in [6.45, 7) is 30.7. The Morgan fingerprint density at radius 2 is 1.01 bits per heavy atom. The highest BCUT2D eigenvalue weighted by Crippen LogP contribution is 2.54. The lowest BCUT2D eigenvalue weighted by Crippen LogP contribution is -2.23. The predicted molar refractivity (Wildman–Crippen MR) is 324 cm³/mol. The van der Waals surface area contributed by atoms with Crippen molar-refractivity contribution >= 4 is 17.1 Å². The molecule has 1 unspecified atom stereocenters. The third-order valence-corrected chi connectivity index (χ3v) is 14.7. The first-order valence-electron chi connectivity index (χ1n) is 28.0. The predicted octanol–water partition coefficient (Wildman–Crippen LogP) is 21.8. The van der Waals surface area contributed by atoms with Gasteiger partial charge in [0.1, 0.15) is 0 Å². The van der Waals surface area contributed by atoms with Crippen LogP contribution in [-0.4, -0.2) is 0 Å². The van der Waals surface area contributed by atoms with E-state index in [2.05, 4.69) is 226 Å². The molecule has 0 N–H and O–H groups in total. The zero-order valence-electron chi connectivity index (χ0n) is 47.4. The van der Waals surface area contributed by atoms with Crippen LogP contribution >= 0.6 is 0 Å². The average molecular weight is 969 g/mol. The summed E-state index contributed by atoms with van der Waals surface area (Å²) in [5, 5.41) is 0. The maximum atomic E-state index is 2.53. The highest BCUT2D eigenvalue weighted by Gasteiger charge is 2.40. The molecule has 0 bridgehead atoms. The summed E-state index contributed by atoms with van der Waals surface area (Å²) in [6, 6.07) is 69.6. The number of fused-ring (bicyclic) bond motifs is 3. The molecule has 1 aliphatic rings. The lowest BCUT2D eigenvalue weighted by atomic mass is 9.74. The second kappa shape index (κ2) is 28.7. The fourth-order valence-corrected chi connectivity index (χ4v) is 10.7. The molecule has 8 aromatic carbocycles. The van der Waals surface area contributed by atoms with Gasteiger partial charge in [0.15, 0.2) is 0 Å². The van der Waals surface area contributed by atoms with Gasteiger partial charge in [0.2, 0.25) is 0 Å². The van der Waals surface area contributed by atoms with Crippen molar-refractivity contribution in [3.05, 3.63) is 244 Å². The van der Waals surface area contributed by atoms with E-state index >= 15 is 0 Å². The van der Waals surface area contributed by atoms with Crippen molar-refractivity contribution in [3.63, 3.8) is 0 Å². The third kappa shape index (κ3) is 14.2. The van der Waals surface area contributed by atoms with E-state index in [1.165, 1.54) is 108 Å². The van der Waals surface area contributed by atoms with Crippen LogP contribution in [-0.2, 0) is 18.3 Å². The first-order chi connectivity index (χ1) is 35.5. The Balaban J connectivity index is 0.000000466. The molecule has 0 amide bonds. The van der Waals surface area contributed by atoms with Gasteiger partial charge in [0.05, 0.1) is 0 Å². The lowest BCUT2D eigenvalue weighted by molar-refractivity contribution is 0.490. The van der Waals surface area contributed by atoms with E-state index in [0.29, 0.717) is 11.8 Å². The molecule has 0 spiro atoms. The van der Waals surface area contributed by atoms with E-state index in [0.717, 1.165) is 32.1 Å². The number of nitrogens with zero attached hydrogens (tertiary/aromatic N) is 1. The normalized spacial score (nSPS) is 12.0. The number of rotatable bonds is 14. The van der Waals surface area contributed by atoms with Crippen LogP contribution in [0.4, 0.5) is 17.1 Å². The van der Waals surface area contributed by atoms with E-state index in [4.69, 9.17) is 0 Å². The summed E-state index contributed by atoms with van der Waals surface area (Å²) in [5.74, 6) is 1.01. The van der Waals surface area contributed by atoms with Crippen molar-refractivity contribution in [2.24, 2.45) is 0 Å². The zero-order chi connectivity index (χ0) is 52.9. The van der Waals surface area contributed by atoms with Crippen molar-refractivity contribution in [1.82, 2.24) is 0 Å². The minimum atomic E-state index is 0.0159. The SMILES string of the molecule is CC.CC.CCCCc1ccc(N(c2ccccc2)c2ccc3c(c2)C(CC)(CC)c2ccccc2-3)cc1-c1cc(C(CC)Cc2ccc(C(C)C)c(C)c2)ccc1C.Cc1ccccc1.Cc1ccccc1. The minimum absolute atomic E-state index is 0.0159. The summed E-state index contributed by atoms with van der Waals surface area (Å²) in [4.78, 5) is 2.49. The highest BCUT2D eigenvalue weighted by molar-refractivity contribution is 5.87. The van der Waals surface area contributed by atoms with Crippen LogP contribution < -0.4 is 4.90 Å². The van der Waals surface area contributed by atoms with Crippen LogP contribution in [0.1, 0.15) is 169 Å². The first kappa shape index (κ1) is 57.5. The van der Waals surface area contributed by atoms with Crippen LogP contribution in [0.15, 0.2) is 188 Å². The Labute approximate surface area is 444 Å². The van der Waals surface area contributed by atoms with Crippen LogP contribution in [0.5, 0.6) is 0 Å². The molecule has 0 aliphatic heterocycles. The number of para-hydroxylation sites is 1. The summed E-state index contributed by atoms with van der Waals surface area (Å²) in [7, 11) is 0. The largest absolute Gasteiger partial charge is 0.310 e. The van der Waals surface area contributed by atoms with Crippen molar-refractivity contribution in [3.8, 4) is 22.3 Å².